The van der Waals surface area contributed by atoms with E-state index in [-0.39, 0.29) is 0 Å². The van der Waals surface area contributed by atoms with Gasteiger partial charge in [-0.25, -0.2) is 9.97 Å². The molecule has 3 rings (SSSR count). The predicted molar refractivity (Wildman–Crippen MR) is 105 cm³/mol. The normalized spacial score (nSPS) is 15.2. The van der Waals surface area contributed by atoms with Gasteiger partial charge < -0.3 is 10.6 Å². The number of hydrogen-bond acceptors (Lipinski definition) is 7. The van der Waals surface area contributed by atoms with Crippen LogP contribution in [0.4, 0.5) is 5.13 Å². The fourth-order valence-corrected chi connectivity index (χ4v) is 3.72. The molecule has 124 valence electrons. The fraction of sp³-hybridized carbons (Fsp3) is 0.235. The minimum Gasteiger partial charge on any atom is -0.356 e. The Hall–Kier alpha value is -2.25. The molecule has 0 aromatic carbocycles. The van der Waals surface area contributed by atoms with E-state index in [1.54, 1.807) is 28.7 Å². The molecule has 0 fully saturated rings. The average molecular weight is 358 g/mol. The van der Waals surface area contributed by atoms with Crippen molar-refractivity contribution in [2.24, 2.45) is 4.99 Å². The van der Waals surface area contributed by atoms with Crippen molar-refractivity contribution in [3.05, 3.63) is 46.7 Å². The van der Waals surface area contributed by atoms with E-state index in [0.29, 0.717) is 0 Å². The first-order valence-corrected chi connectivity index (χ1v) is 9.48. The zero-order valence-electron chi connectivity index (χ0n) is 13.5. The summed E-state index contributed by atoms with van der Waals surface area (Å²) < 4.78 is 0. The summed E-state index contributed by atoms with van der Waals surface area (Å²) in [5, 5.41) is 12.3. The second kappa shape index (κ2) is 8.03. The van der Waals surface area contributed by atoms with E-state index < -0.39 is 0 Å². The minimum atomic E-state index is 0.797. The summed E-state index contributed by atoms with van der Waals surface area (Å²) in [4.78, 5) is 13.7. The Kier molecular flexibility index (Phi) is 5.55. The summed E-state index contributed by atoms with van der Waals surface area (Å²) in [5.41, 5.74) is 2.82. The van der Waals surface area contributed by atoms with Gasteiger partial charge in [0, 0.05) is 29.4 Å². The van der Waals surface area contributed by atoms with Crippen molar-refractivity contribution in [2.75, 3.05) is 18.4 Å². The van der Waals surface area contributed by atoms with E-state index in [2.05, 4.69) is 27.2 Å². The van der Waals surface area contributed by atoms with Gasteiger partial charge in [-0.1, -0.05) is 30.9 Å². The topological polar surface area (TPSA) is 62.2 Å². The van der Waals surface area contributed by atoms with Gasteiger partial charge in [0.15, 0.2) is 11.1 Å². The molecule has 0 atom stereocenters. The first-order chi connectivity index (χ1) is 11.8. The first-order valence-electron chi connectivity index (χ1n) is 7.72. The largest absolute Gasteiger partial charge is 0.356 e. The third kappa shape index (κ3) is 3.98. The molecule has 2 aromatic rings. The number of nitrogens with zero attached hydrogens (tertiary/aromatic N) is 3. The lowest BCUT2D eigenvalue weighted by Crippen LogP contribution is -2.35. The predicted octanol–water partition coefficient (Wildman–Crippen LogP) is 4.17. The molecule has 0 unspecified atom stereocenters. The highest BCUT2D eigenvalue weighted by Gasteiger charge is 2.12. The number of nitrogens with one attached hydrogen (secondary N) is 2. The van der Waals surface area contributed by atoms with E-state index in [9.17, 15) is 0 Å². The molecule has 5 nitrogen and oxygen atoms in total. The van der Waals surface area contributed by atoms with Gasteiger partial charge in [-0.15, -0.1) is 22.7 Å². The van der Waals surface area contributed by atoms with Gasteiger partial charge in [-0.05, 0) is 13.3 Å². The van der Waals surface area contributed by atoms with Gasteiger partial charge in [-0.3, -0.25) is 4.99 Å². The molecule has 1 aliphatic heterocycles. The number of aromatic nitrogens is 2. The number of thiazole rings is 2. The summed E-state index contributed by atoms with van der Waals surface area (Å²) in [6, 6.07) is 0. The SMILES string of the molecule is C=C/C=C(\C=C/C)c1nc(-c2csc(NC3=NCCCN3)n2)cs1. The number of allylic oxidation sites excluding steroid dienone is 5. The van der Waals surface area contributed by atoms with Gasteiger partial charge in [0.2, 0.25) is 0 Å². The monoisotopic (exact) mass is 357 g/mol. The van der Waals surface area contributed by atoms with E-state index in [1.807, 2.05) is 35.9 Å². The second-order valence-electron chi connectivity index (χ2n) is 5.07. The van der Waals surface area contributed by atoms with Crippen LogP contribution in [-0.4, -0.2) is 29.0 Å². The van der Waals surface area contributed by atoms with Crippen LogP contribution < -0.4 is 10.6 Å². The van der Waals surface area contributed by atoms with Crippen molar-refractivity contribution < 1.29 is 0 Å². The van der Waals surface area contributed by atoms with Gasteiger partial charge in [0.1, 0.15) is 16.4 Å². The standard InChI is InChI=1S/C17H19N5S2/c1-3-6-12(7-4-2)15-20-13(10-23-15)14-11-24-17(21-14)22-16-18-8-5-9-19-16/h3-4,6-7,10-11H,1,5,8-9H2,2H3,(H2,18,19,21,22)/b7-4-,12-6+. The Morgan fingerprint density at radius 3 is 2.88 bits per heavy atom. The summed E-state index contributed by atoms with van der Waals surface area (Å²) in [6.07, 6.45) is 8.84. The lowest BCUT2D eigenvalue weighted by Gasteiger charge is -2.13. The number of rotatable bonds is 5. The van der Waals surface area contributed by atoms with Crippen LogP contribution in [0, 0.1) is 0 Å². The Morgan fingerprint density at radius 1 is 1.29 bits per heavy atom. The van der Waals surface area contributed by atoms with Crippen LogP contribution in [0.25, 0.3) is 17.0 Å². The Balaban J connectivity index is 1.77. The Labute approximate surface area is 149 Å². The summed E-state index contributed by atoms with van der Waals surface area (Å²) in [6.45, 7) is 7.56. The Bertz CT molecular complexity index is 798. The summed E-state index contributed by atoms with van der Waals surface area (Å²) >= 11 is 3.16. The maximum absolute atomic E-state index is 4.70. The number of hydrogen-bond donors (Lipinski definition) is 2. The van der Waals surface area contributed by atoms with Crippen molar-refractivity contribution >= 4 is 39.3 Å². The van der Waals surface area contributed by atoms with E-state index in [4.69, 9.17) is 4.98 Å². The maximum atomic E-state index is 4.70. The highest BCUT2D eigenvalue weighted by atomic mass is 32.1. The molecule has 0 saturated heterocycles. The van der Waals surface area contributed by atoms with Crippen LogP contribution in [0.1, 0.15) is 18.4 Å². The van der Waals surface area contributed by atoms with E-state index >= 15 is 0 Å². The van der Waals surface area contributed by atoms with Gasteiger partial charge in [0.05, 0.1) is 0 Å². The molecule has 7 heteroatoms. The van der Waals surface area contributed by atoms with Crippen LogP contribution in [0.5, 0.6) is 0 Å². The molecule has 2 aromatic heterocycles. The van der Waals surface area contributed by atoms with Crippen molar-refractivity contribution in [1.29, 1.82) is 0 Å². The molecule has 0 aliphatic carbocycles. The lowest BCUT2D eigenvalue weighted by molar-refractivity contribution is 0.740. The molecule has 1 aliphatic rings. The number of anilines is 1. The van der Waals surface area contributed by atoms with Crippen LogP contribution in [0.2, 0.25) is 0 Å². The molecule has 0 saturated carbocycles. The van der Waals surface area contributed by atoms with Crippen LogP contribution in [-0.2, 0) is 0 Å². The summed E-state index contributed by atoms with van der Waals surface area (Å²) in [7, 11) is 0. The molecular weight excluding hydrogens is 338 g/mol. The number of guanidine groups is 1. The third-order valence-electron chi connectivity index (χ3n) is 3.28. The molecule has 0 radical (unpaired) electrons. The third-order valence-corrected chi connectivity index (χ3v) is 4.93. The quantitative estimate of drug-likeness (QED) is 0.788. The molecule has 0 amide bonds. The average Bonchev–Trinajstić information content (AvgIpc) is 3.25. The fourth-order valence-electron chi connectivity index (χ4n) is 2.20. The minimum absolute atomic E-state index is 0.797. The molecular formula is C17H19N5S2. The molecule has 0 spiro atoms. The van der Waals surface area contributed by atoms with E-state index in [0.717, 1.165) is 52.6 Å². The van der Waals surface area contributed by atoms with Gasteiger partial charge in [0.25, 0.3) is 0 Å². The number of aliphatic imine (C=N–C) groups is 1. The smallest absolute Gasteiger partial charge is 0.197 e. The first kappa shape index (κ1) is 16.6. The second-order valence-corrected chi connectivity index (χ2v) is 6.79. The molecule has 3 heterocycles. The highest BCUT2D eigenvalue weighted by molar-refractivity contribution is 7.14. The van der Waals surface area contributed by atoms with Gasteiger partial charge in [-0.2, -0.15) is 0 Å². The summed E-state index contributed by atoms with van der Waals surface area (Å²) in [5.74, 6) is 0.797. The molecule has 2 N–H and O–H groups in total. The van der Waals surface area contributed by atoms with Gasteiger partial charge >= 0.3 is 0 Å². The highest BCUT2D eigenvalue weighted by Crippen LogP contribution is 2.29. The van der Waals surface area contributed by atoms with Crippen molar-refractivity contribution in [3.8, 4) is 11.4 Å². The lowest BCUT2D eigenvalue weighted by atomic mass is 10.2. The Morgan fingerprint density at radius 2 is 2.12 bits per heavy atom. The maximum Gasteiger partial charge on any atom is 0.197 e. The van der Waals surface area contributed by atoms with Crippen LogP contribution in [0.3, 0.4) is 0 Å². The molecule has 0 bridgehead atoms. The zero-order valence-corrected chi connectivity index (χ0v) is 15.1. The zero-order chi connectivity index (χ0) is 16.8. The van der Waals surface area contributed by atoms with Crippen LogP contribution >= 0.6 is 22.7 Å². The molecule has 24 heavy (non-hydrogen) atoms. The van der Waals surface area contributed by atoms with Crippen molar-refractivity contribution in [1.82, 2.24) is 15.3 Å². The van der Waals surface area contributed by atoms with Crippen LogP contribution in [0.15, 0.2) is 46.6 Å². The van der Waals surface area contributed by atoms with Crippen molar-refractivity contribution in [3.63, 3.8) is 0 Å². The van der Waals surface area contributed by atoms with E-state index in [1.165, 1.54) is 0 Å². The van der Waals surface area contributed by atoms with Crippen molar-refractivity contribution in [2.45, 2.75) is 13.3 Å².